The lowest BCUT2D eigenvalue weighted by molar-refractivity contribution is 0.370. The number of aromatic nitrogens is 4. The van der Waals surface area contributed by atoms with Crippen LogP contribution in [0.15, 0.2) is 24.7 Å². The van der Waals surface area contributed by atoms with E-state index in [0.717, 1.165) is 36.6 Å². The molecule has 5 nitrogen and oxygen atoms in total. The Morgan fingerprint density at radius 2 is 1.94 bits per heavy atom. The first-order valence-corrected chi connectivity index (χ1v) is 6.44. The molecule has 0 unspecified atom stereocenters. The summed E-state index contributed by atoms with van der Waals surface area (Å²) >= 11 is 0. The summed E-state index contributed by atoms with van der Waals surface area (Å²) in [6.45, 7) is 2.23. The maximum Gasteiger partial charge on any atom is 0.110 e. The molecule has 0 amide bonds. The Morgan fingerprint density at radius 1 is 1.11 bits per heavy atom. The van der Waals surface area contributed by atoms with Gasteiger partial charge in [-0.3, -0.25) is 15.1 Å². The van der Waals surface area contributed by atoms with Gasteiger partial charge in [0.15, 0.2) is 0 Å². The summed E-state index contributed by atoms with van der Waals surface area (Å²) in [4.78, 5) is 8.94. The number of H-pyrrole nitrogens is 1. The maximum atomic E-state index is 4.50. The second kappa shape index (κ2) is 5.27. The fourth-order valence-corrected chi connectivity index (χ4v) is 2.49. The summed E-state index contributed by atoms with van der Waals surface area (Å²) < 4.78 is 0. The Kier molecular flexibility index (Phi) is 3.32. The predicted molar refractivity (Wildman–Crippen MR) is 68.9 cm³/mol. The Labute approximate surface area is 106 Å². The molecular weight excluding hydrogens is 226 g/mol. The van der Waals surface area contributed by atoms with Crippen LogP contribution in [0.3, 0.4) is 0 Å². The van der Waals surface area contributed by atoms with Crippen molar-refractivity contribution >= 4 is 0 Å². The minimum absolute atomic E-state index is 0.713. The van der Waals surface area contributed by atoms with Crippen molar-refractivity contribution < 1.29 is 0 Å². The smallest absolute Gasteiger partial charge is 0.110 e. The van der Waals surface area contributed by atoms with E-state index in [2.05, 4.69) is 25.5 Å². The van der Waals surface area contributed by atoms with Gasteiger partial charge in [0.1, 0.15) is 5.69 Å². The van der Waals surface area contributed by atoms with E-state index in [1.165, 1.54) is 12.8 Å². The molecule has 3 rings (SSSR count). The van der Waals surface area contributed by atoms with E-state index in [9.17, 15) is 0 Å². The summed E-state index contributed by atoms with van der Waals surface area (Å²) in [5.41, 5.74) is 2.97. The van der Waals surface area contributed by atoms with Crippen molar-refractivity contribution in [3.05, 3.63) is 30.4 Å². The number of hydrogen-bond donors (Lipinski definition) is 2. The number of piperidine rings is 1. The summed E-state index contributed by atoms with van der Waals surface area (Å²) in [5.74, 6) is 0.713. The molecule has 2 N–H and O–H groups in total. The fraction of sp³-hybridized carbons (Fsp3) is 0.462. The van der Waals surface area contributed by atoms with Gasteiger partial charge in [-0.15, -0.1) is 0 Å². The summed E-state index contributed by atoms with van der Waals surface area (Å²) in [7, 11) is 0. The third kappa shape index (κ3) is 2.41. The van der Waals surface area contributed by atoms with Crippen LogP contribution >= 0.6 is 0 Å². The monoisotopic (exact) mass is 243 g/mol. The zero-order valence-electron chi connectivity index (χ0n) is 10.3. The maximum absolute atomic E-state index is 4.50. The first-order valence-electron chi connectivity index (χ1n) is 6.44. The molecule has 2 aromatic heterocycles. The van der Waals surface area contributed by atoms with Crippen molar-refractivity contribution in [2.75, 3.05) is 13.1 Å². The van der Waals surface area contributed by atoms with Gasteiger partial charge >= 0.3 is 0 Å². The molecule has 1 aliphatic heterocycles. The van der Waals surface area contributed by atoms with Crippen molar-refractivity contribution in [2.45, 2.75) is 19.3 Å². The van der Waals surface area contributed by atoms with Crippen LogP contribution in [0.4, 0.5) is 0 Å². The molecule has 0 radical (unpaired) electrons. The van der Waals surface area contributed by atoms with Crippen LogP contribution in [0, 0.1) is 5.92 Å². The van der Waals surface area contributed by atoms with E-state index in [1.54, 1.807) is 18.6 Å². The van der Waals surface area contributed by atoms with Gasteiger partial charge in [0, 0.05) is 18.6 Å². The standard InChI is InChI=1S/C13H17N5/c1-4-14-5-2-10(1)9-12-13(16-8-7-15-12)11-3-6-17-18-11/h3,6-8,10,14H,1-2,4-5,9H2,(H,17,18). The van der Waals surface area contributed by atoms with Crippen LogP contribution in [0.5, 0.6) is 0 Å². The molecule has 1 fully saturated rings. The number of nitrogens with zero attached hydrogens (tertiary/aromatic N) is 3. The lowest BCUT2D eigenvalue weighted by atomic mass is 9.92. The van der Waals surface area contributed by atoms with Crippen molar-refractivity contribution in [3.63, 3.8) is 0 Å². The number of rotatable bonds is 3. The van der Waals surface area contributed by atoms with Crippen molar-refractivity contribution in [1.82, 2.24) is 25.5 Å². The molecule has 3 heterocycles. The van der Waals surface area contributed by atoms with Crippen LogP contribution in [-0.2, 0) is 6.42 Å². The molecule has 1 saturated heterocycles. The van der Waals surface area contributed by atoms with E-state index in [4.69, 9.17) is 0 Å². The molecule has 18 heavy (non-hydrogen) atoms. The van der Waals surface area contributed by atoms with E-state index in [1.807, 2.05) is 6.07 Å². The van der Waals surface area contributed by atoms with Crippen LogP contribution < -0.4 is 5.32 Å². The summed E-state index contributed by atoms with van der Waals surface area (Å²) in [6, 6.07) is 1.94. The zero-order chi connectivity index (χ0) is 12.2. The second-order valence-corrected chi connectivity index (χ2v) is 4.72. The SMILES string of the molecule is c1cc(-c2nccnc2CC2CCNCC2)[nH]n1. The third-order valence-corrected chi connectivity index (χ3v) is 3.47. The average molecular weight is 243 g/mol. The molecule has 2 aromatic rings. The highest BCUT2D eigenvalue weighted by molar-refractivity contribution is 5.55. The van der Waals surface area contributed by atoms with E-state index in [-0.39, 0.29) is 0 Å². The van der Waals surface area contributed by atoms with Crippen LogP contribution in [0.25, 0.3) is 11.4 Å². The van der Waals surface area contributed by atoms with Crippen molar-refractivity contribution in [1.29, 1.82) is 0 Å². The first kappa shape index (κ1) is 11.3. The summed E-state index contributed by atoms with van der Waals surface area (Å²) in [5, 5.41) is 10.3. The van der Waals surface area contributed by atoms with Gasteiger partial charge < -0.3 is 5.32 Å². The fourth-order valence-electron chi connectivity index (χ4n) is 2.49. The van der Waals surface area contributed by atoms with Crippen LogP contribution in [0.2, 0.25) is 0 Å². The minimum atomic E-state index is 0.713. The van der Waals surface area contributed by atoms with Gasteiger partial charge in [-0.05, 0) is 44.3 Å². The minimum Gasteiger partial charge on any atom is -0.317 e. The van der Waals surface area contributed by atoms with Crippen LogP contribution in [-0.4, -0.2) is 33.3 Å². The molecule has 0 atom stereocenters. The number of hydrogen-bond acceptors (Lipinski definition) is 4. The van der Waals surface area contributed by atoms with Crippen molar-refractivity contribution in [2.24, 2.45) is 5.92 Å². The van der Waals surface area contributed by atoms with Crippen molar-refractivity contribution in [3.8, 4) is 11.4 Å². The molecule has 0 bridgehead atoms. The molecule has 0 spiro atoms. The number of aromatic amines is 1. The quantitative estimate of drug-likeness (QED) is 0.855. The lowest BCUT2D eigenvalue weighted by Crippen LogP contribution is -2.29. The molecule has 0 aromatic carbocycles. The Morgan fingerprint density at radius 3 is 2.72 bits per heavy atom. The van der Waals surface area contributed by atoms with Gasteiger partial charge in [-0.2, -0.15) is 5.10 Å². The third-order valence-electron chi connectivity index (χ3n) is 3.47. The molecule has 94 valence electrons. The van der Waals surface area contributed by atoms with Gasteiger partial charge in [-0.25, -0.2) is 0 Å². The zero-order valence-corrected chi connectivity index (χ0v) is 10.3. The van der Waals surface area contributed by atoms with E-state index < -0.39 is 0 Å². The highest BCUT2D eigenvalue weighted by Gasteiger charge is 2.17. The largest absolute Gasteiger partial charge is 0.317 e. The van der Waals surface area contributed by atoms with Gasteiger partial charge in [-0.1, -0.05) is 0 Å². The van der Waals surface area contributed by atoms with Crippen LogP contribution in [0.1, 0.15) is 18.5 Å². The lowest BCUT2D eigenvalue weighted by Gasteiger charge is -2.22. The summed E-state index contributed by atoms with van der Waals surface area (Å²) in [6.07, 6.45) is 8.71. The van der Waals surface area contributed by atoms with Gasteiger partial charge in [0.05, 0.1) is 11.4 Å². The van der Waals surface area contributed by atoms with Gasteiger partial charge in [0.2, 0.25) is 0 Å². The van der Waals surface area contributed by atoms with Gasteiger partial charge in [0.25, 0.3) is 0 Å². The predicted octanol–water partition coefficient (Wildman–Crippen LogP) is 1.41. The van der Waals surface area contributed by atoms with E-state index in [0.29, 0.717) is 5.92 Å². The second-order valence-electron chi connectivity index (χ2n) is 4.72. The molecule has 0 saturated carbocycles. The average Bonchev–Trinajstić information content (AvgIpc) is 2.94. The molecular formula is C13H17N5. The highest BCUT2D eigenvalue weighted by Crippen LogP contribution is 2.23. The van der Waals surface area contributed by atoms with E-state index >= 15 is 0 Å². The highest BCUT2D eigenvalue weighted by atomic mass is 15.1. The topological polar surface area (TPSA) is 66.5 Å². The first-order chi connectivity index (χ1) is 8.93. The molecule has 5 heteroatoms. The Hall–Kier alpha value is -1.75. The normalized spacial score (nSPS) is 16.9. The number of nitrogens with one attached hydrogen (secondary N) is 2. The Bertz CT molecular complexity index is 488. The molecule has 1 aliphatic rings. The molecule has 0 aliphatic carbocycles. The Balaban J connectivity index is 1.83.